The van der Waals surface area contributed by atoms with Crippen molar-refractivity contribution in [1.29, 1.82) is 0 Å². The molecule has 38 heavy (non-hydrogen) atoms. The number of nitrogens with zero attached hydrogens (tertiary/aromatic N) is 6. The molecule has 0 unspecified atom stereocenters. The van der Waals surface area contributed by atoms with Gasteiger partial charge in [-0.1, -0.05) is 61.2 Å². The lowest BCUT2D eigenvalue weighted by atomic mass is 10.1. The van der Waals surface area contributed by atoms with Crippen LogP contribution in [0.4, 0.5) is 18.9 Å². The number of hydrogen-bond acceptors (Lipinski definition) is 6. The van der Waals surface area contributed by atoms with Crippen LogP contribution in [0.1, 0.15) is 23.6 Å². The molecule has 0 radical (unpaired) electrons. The summed E-state index contributed by atoms with van der Waals surface area (Å²) in [4.78, 5) is 6.51. The third-order valence-corrected chi connectivity index (χ3v) is 6.82. The van der Waals surface area contributed by atoms with Gasteiger partial charge in [0.1, 0.15) is 12.1 Å². The van der Waals surface area contributed by atoms with Gasteiger partial charge in [0, 0.05) is 11.3 Å². The number of rotatable bonds is 7. The Morgan fingerprint density at radius 2 is 1.82 bits per heavy atom. The quantitative estimate of drug-likeness (QED) is 0.197. The van der Waals surface area contributed by atoms with Gasteiger partial charge in [-0.25, -0.2) is 9.67 Å². The SMILES string of the molecule is CCc1cccc(C)c1N1CS/C1=N\N=C\c1ccc(-c2ncn(-c3ccc(OC(F)(F)F)cc3)n2)cc1. The summed E-state index contributed by atoms with van der Waals surface area (Å²) in [6.07, 6.45) is -0.580. The van der Waals surface area contributed by atoms with Crippen molar-refractivity contribution in [2.24, 2.45) is 10.2 Å². The van der Waals surface area contributed by atoms with E-state index in [0.29, 0.717) is 11.5 Å². The molecule has 2 heterocycles. The van der Waals surface area contributed by atoms with Gasteiger partial charge in [0.15, 0.2) is 11.0 Å². The zero-order valence-electron chi connectivity index (χ0n) is 20.6. The van der Waals surface area contributed by atoms with Crippen molar-refractivity contribution >= 4 is 28.8 Å². The fourth-order valence-electron chi connectivity index (χ4n) is 4.00. The fraction of sp³-hybridized carbons (Fsp3) is 0.185. The number of ether oxygens (including phenoxy) is 1. The molecular formula is C27H23F3N6OS. The van der Waals surface area contributed by atoms with Crippen LogP contribution in [0.3, 0.4) is 0 Å². The van der Waals surface area contributed by atoms with Crippen LogP contribution in [0.25, 0.3) is 17.1 Å². The second-order valence-electron chi connectivity index (χ2n) is 8.44. The minimum Gasteiger partial charge on any atom is -0.406 e. The van der Waals surface area contributed by atoms with Gasteiger partial charge in [-0.15, -0.1) is 23.4 Å². The van der Waals surface area contributed by atoms with Crippen molar-refractivity contribution in [2.45, 2.75) is 26.6 Å². The highest BCUT2D eigenvalue weighted by Gasteiger charge is 2.31. The average molecular weight is 537 g/mol. The molecule has 4 aromatic rings. The monoisotopic (exact) mass is 536 g/mol. The van der Waals surface area contributed by atoms with Gasteiger partial charge in [0.05, 0.1) is 17.8 Å². The Morgan fingerprint density at radius 1 is 1.05 bits per heavy atom. The maximum absolute atomic E-state index is 12.4. The van der Waals surface area contributed by atoms with Crippen LogP contribution >= 0.6 is 11.8 Å². The number of halogens is 3. The molecule has 1 aliphatic rings. The molecule has 1 fully saturated rings. The third-order valence-electron chi connectivity index (χ3n) is 5.87. The Morgan fingerprint density at radius 3 is 2.47 bits per heavy atom. The predicted octanol–water partition coefficient (Wildman–Crippen LogP) is 6.60. The number of alkyl halides is 3. The van der Waals surface area contributed by atoms with E-state index in [4.69, 9.17) is 0 Å². The molecule has 0 aliphatic carbocycles. The van der Waals surface area contributed by atoms with Crippen LogP contribution in [0.2, 0.25) is 0 Å². The molecule has 0 N–H and O–H groups in total. The van der Waals surface area contributed by atoms with E-state index in [1.54, 1.807) is 18.0 Å². The Hall–Kier alpha value is -4.12. The minimum absolute atomic E-state index is 0.298. The Labute approximate surface area is 221 Å². The van der Waals surface area contributed by atoms with Crippen molar-refractivity contribution in [3.8, 4) is 22.8 Å². The van der Waals surface area contributed by atoms with Gasteiger partial charge >= 0.3 is 6.36 Å². The third kappa shape index (κ3) is 5.72. The molecule has 194 valence electrons. The van der Waals surface area contributed by atoms with Gasteiger partial charge in [0.2, 0.25) is 0 Å². The number of anilines is 1. The Bertz CT molecular complexity index is 1480. The van der Waals surface area contributed by atoms with Crippen LogP contribution in [0.15, 0.2) is 83.3 Å². The number of benzene rings is 3. The molecule has 0 spiro atoms. The van der Waals surface area contributed by atoms with E-state index < -0.39 is 6.36 Å². The summed E-state index contributed by atoms with van der Waals surface area (Å²) in [6, 6.07) is 19.3. The number of aromatic nitrogens is 3. The van der Waals surface area contributed by atoms with Crippen LogP contribution in [-0.2, 0) is 6.42 Å². The normalized spacial score (nSPS) is 14.8. The predicted molar refractivity (Wildman–Crippen MR) is 144 cm³/mol. The van der Waals surface area contributed by atoms with Crippen LogP contribution < -0.4 is 9.64 Å². The zero-order valence-corrected chi connectivity index (χ0v) is 21.4. The molecule has 1 saturated heterocycles. The summed E-state index contributed by atoms with van der Waals surface area (Å²) in [5.74, 6) is 1.04. The summed E-state index contributed by atoms with van der Waals surface area (Å²) in [6.45, 7) is 4.26. The minimum atomic E-state index is -4.73. The molecule has 1 aromatic heterocycles. The first kappa shape index (κ1) is 25.5. The van der Waals surface area contributed by atoms with E-state index in [2.05, 4.69) is 62.0 Å². The van der Waals surface area contributed by atoms with E-state index >= 15 is 0 Å². The average Bonchev–Trinajstić information content (AvgIpc) is 3.37. The van der Waals surface area contributed by atoms with E-state index in [0.717, 1.165) is 28.6 Å². The van der Waals surface area contributed by atoms with Gasteiger partial charge in [-0.3, -0.25) is 0 Å². The van der Waals surface area contributed by atoms with Crippen LogP contribution in [0, 0.1) is 6.92 Å². The smallest absolute Gasteiger partial charge is 0.406 e. The topological polar surface area (TPSA) is 67.9 Å². The largest absolute Gasteiger partial charge is 0.573 e. The number of para-hydroxylation sites is 1. The van der Waals surface area contributed by atoms with Crippen LogP contribution in [-0.4, -0.2) is 38.4 Å². The number of hydrogen-bond donors (Lipinski definition) is 0. The molecule has 5 rings (SSSR count). The Balaban J connectivity index is 1.24. The maximum atomic E-state index is 12.4. The Kier molecular flexibility index (Phi) is 7.19. The molecule has 7 nitrogen and oxygen atoms in total. The summed E-state index contributed by atoms with van der Waals surface area (Å²) in [5, 5.41) is 14.0. The fourth-order valence-corrected chi connectivity index (χ4v) is 4.70. The van der Waals surface area contributed by atoms with Crippen molar-refractivity contribution in [3.63, 3.8) is 0 Å². The lowest BCUT2D eigenvalue weighted by Crippen LogP contribution is -2.39. The first-order chi connectivity index (χ1) is 18.3. The highest BCUT2D eigenvalue weighted by atomic mass is 32.2. The molecule has 11 heteroatoms. The van der Waals surface area contributed by atoms with Gasteiger partial charge in [-0.05, 0) is 54.3 Å². The first-order valence-electron chi connectivity index (χ1n) is 11.8. The summed E-state index contributed by atoms with van der Waals surface area (Å²) < 4.78 is 42.5. The van der Waals surface area contributed by atoms with Gasteiger partial charge in [0.25, 0.3) is 0 Å². The van der Waals surface area contributed by atoms with Gasteiger partial charge < -0.3 is 9.64 Å². The van der Waals surface area contributed by atoms with E-state index in [9.17, 15) is 13.2 Å². The molecule has 0 saturated carbocycles. The van der Waals surface area contributed by atoms with Crippen molar-refractivity contribution in [1.82, 2.24) is 14.8 Å². The number of thioether (sulfide) groups is 1. The van der Waals surface area contributed by atoms with Crippen LogP contribution in [0.5, 0.6) is 5.75 Å². The lowest BCUT2D eigenvalue weighted by molar-refractivity contribution is -0.274. The van der Waals surface area contributed by atoms with E-state index in [1.165, 1.54) is 52.1 Å². The summed E-state index contributed by atoms with van der Waals surface area (Å²) >= 11 is 1.66. The second kappa shape index (κ2) is 10.7. The maximum Gasteiger partial charge on any atom is 0.573 e. The molecule has 0 bridgehead atoms. The van der Waals surface area contributed by atoms with Gasteiger partial charge in [-0.2, -0.15) is 5.10 Å². The standard InChI is InChI=1S/C27H23F3N6OS/c1-3-20-6-4-5-18(2)24(20)35-17-38-26(35)33-32-15-19-7-9-21(10-8-19)25-31-16-36(34-25)22-11-13-23(14-12-22)37-27(28,29)30/h4-16H,3,17H2,1-2H3/b32-15+,33-26-. The molecule has 0 amide bonds. The summed E-state index contributed by atoms with van der Waals surface area (Å²) in [7, 11) is 0. The molecule has 3 aromatic carbocycles. The summed E-state index contributed by atoms with van der Waals surface area (Å²) in [5.41, 5.74) is 5.95. The van der Waals surface area contributed by atoms with E-state index in [-0.39, 0.29) is 5.75 Å². The highest BCUT2D eigenvalue weighted by Crippen LogP contribution is 2.35. The zero-order chi connectivity index (χ0) is 26.7. The molecular weight excluding hydrogens is 513 g/mol. The number of amidine groups is 1. The molecule has 0 atom stereocenters. The lowest BCUT2D eigenvalue weighted by Gasteiger charge is -2.35. The van der Waals surface area contributed by atoms with Crippen molar-refractivity contribution in [3.05, 3.63) is 89.7 Å². The van der Waals surface area contributed by atoms with Crippen molar-refractivity contribution < 1.29 is 17.9 Å². The molecule has 1 aliphatic heterocycles. The number of aryl methyl sites for hydroxylation is 2. The van der Waals surface area contributed by atoms with Crippen molar-refractivity contribution in [2.75, 3.05) is 10.8 Å². The second-order valence-corrected chi connectivity index (χ2v) is 9.35. The van der Waals surface area contributed by atoms with E-state index in [1.807, 2.05) is 24.3 Å². The highest BCUT2D eigenvalue weighted by molar-refractivity contribution is 8.16. The first-order valence-corrected chi connectivity index (χ1v) is 12.8.